The zero-order valence-electron chi connectivity index (χ0n) is 16.1. The molecule has 2 N–H and O–H groups in total. The van der Waals surface area contributed by atoms with Crippen molar-refractivity contribution >= 4 is 17.6 Å². The van der Waals surface area contributed by atoms with E-state index in [1.54, 1.807) is 12.0 Å². The minimum atomic E-state index is -0.234. The van der Waals surface area contributed by atoms with Crippen molar-refractivity contribution in [2.75, 3.05) is 44.7 Å². The summed E-state index contributed by atoms with van der Waals surface area (Å²) in [5, 5.41) is 5.50. The number of urea groups is 1. The number of anilines is 1. The van der Waals surface area contributed by atoms with E-state index >= 15 is 0 Å². The van der Waals surface area contributed by atoms with Crippen LogP contribution in [0.1, 0.15) is 5.56 Å². The Morgan fingerprint density at radius 2 is 1.61 bits per heavy atom. The van der Waals surface area contributed by atoms with E-state index in [-0.39, 0.29) is 18.5 Å². The maximum atomic E-state index is 12.3. The van der Waals surface area contributed by atoms with E-state index in [2.05, 4.69) is 27.7 Å². The highest BCUT2D eigenvalue weighted by atomic mass is 16.5. The van der Waals surface area contributed by atoms with Crippen LogP contribution in [-0.2, 0) is 11.3 Å². The molecular weight excluding hydrogens is 356 g/mol. The SMILES string of the molecule is COc1ccccc1CNC(=O)CNC(=O)N1CCN(c2ccccc2)CC1. The van der Waals surface area contributed by atoms with Gasteiger partial charge in [-0.1, -0.05) is 36.4 Å². The molecule has 3 amide bonds. The van der Waals surface area contributed by atoms with Gasteiger partial charge in [-0.05, 0) is 18.2 Å². The summed E-state index contributed by atoms with van der Waals surface area (Å²) in [6, 6.07) is 17.5. The quantitative estimate of drug-likeness (QED) is 0.800. The first-order valence-corrected chi connectivity index (χ1v) is 9.38. The highest BCUT2D eigenvalue weighted by Crippen LogP contribution is 2.17. The van der Waals surface area contributed by atoms with Crippen molar-refractivity contribution in [1.29, 1.82) is 0 Å². The number of ether oxygens (including phenoxy) is 1. The molecule has 148 valence electrons. The zero-order valence-corrected chi connectivity index (χ0v) is 16.1. The topological polar surface area (TPSA) is 73.9 Å². The molecule has 2 aromatic rings. The van der Waals surface area contributed by atoms with Gasteiger partial charge in [-0.25, -0.2) is 4.79 Å². The van der Waals surface area contributed by atoms with Crippen molar-refractivity contribution in [3.8, 4) is 5.75 Å². The minimum absolute atomic E-state index is 0.0487. The van der Waals surface area contributed by atoms with Gasteiger partial charge in [0.1, 0.15) is 5.75 Å². The number of amides is 3. The summed E-state index contributed by atoms with van der Waals surface area (Å²) >= 11 is 0. The Morgan fingerprint density at radius 3 is 2.32 bits per heavy atom. The average molecular weight is 382 g/mol. The number of piperazine rings is 1. The Balaban J connectivity index is 1.39. The predicted octanol–water partition coefficient (Wildman–Crippen LogP) is 1.84. The van der Waals surface area contributed by atoms with Crippen LogP contribution in [0, 0.1) is 0 Å². The molecule has 3 rings (SSSR count). The molecule has 0 atom stereocenters. The minimum Gasteiger partial charge on any atom is -0.496 e. The Hall–Kier alpha value is -3.22. The fourth-order valence-corrected chi connectivity index (χ4v) is 3.18. The molecule has 1 aliphatic rings. The van der Waals surface area contributed by atoms with Crippen molar-refractivity contribution in [2.24, 2.45) is 0 Å². The fraction of sp³-hybridized carbons (Fsp3) is 0.333. The normalized spacial score (nSPS) is 13.8. The summed E-state index contributed by atoms with van der Waals surface area (Å²) in [5.41, 5.74) is 2.06. The molecule has 2 aromatic carbocycles. The highest BCUT2D eigenvalue weighted by molar-refractivity contribution is 5.84. The van der Waals surface area contributed by atoms with Gasteiger partial charge in [0.25, 0.3) is 0 Å². The molecule has 7 nitrogen and oxygen atoms in total. The second kappa shape index (κ2) is 9.64. The van der Waals surface area contributed by atoms with Crippen LogP contribution in [0.3, 0.4) is 0 Å². The van der Waals surface area contributed by atoms with Crippen molar-refractivity contribution in [1.82, 2.24) is 15.5 Å². The van der Waals surface area contributed by atoms with E-state index in [1.165, 1.54) is 5.69 Å². The molecule has 28 heavy (non-hydrogen) atoms. The third-order valence-corrected chi connectivity index (χ3v) is 4.76. The van der Waals surface area contributed by atoms with E-state index in [0.717, 1.165) is 24.4 Å². The lowest BCUT2D eigenvalue weighted by atomic mass is 10.2. The largest absolute Gasteiger partial charge is 0.496 e. The van der Waals surface area contributed by atoms with Gasteiger partial charge >= 0.3 is 6.03 Å². The second-order valence-corrected chi connectivity index (χ2v) is 6.56. The molecule has 0 aliphatic carbocycles. The lowest BCUT2D eigenvalue weighted by Gasteiger charge is -2.36. The monoisotopic (exact) mass is 382 g/mol. The molecule has 0 spiro atoms. The van der Waals surface area contributed by atoms with Gasteiger partial charge in [0.15, 0.2) is 0 Å². The Morgan fingerprint density at radius 1 is 0.929 bits per heavy atom. The lowest BCUT2D eigenvalue weighted by molar-refractivity contribution is -0.120. The third kappa shape index (κ3) is 5.16. The van der Waals surface area contributed by atoms with Crippen LogP contribution < -0.4 is 20.3 Å². The fourth-order valence-electron chi connectivity index (χ4n) is 3.18. The molecular formula is C21H26N4O3. The van der Waals surface area contributed by atoms with Crippen LogP contribution in [-0.4, -0.2) is 56.7 Å². The Bertz CT molecular complexity index is 789. The summed E-state index contributed by atoms with van der Waals surface area (Å²) < 4.78 is 5.26. The van der Waals surface area contributed by atoms with Gasteiger partial charge < -0.3 is 25.2 Å². The summed E-state index contributed by atoms with van der Waals surface area (Å²) in [6.07, 6.45) is 0. The first-order valence-electron chi connectivity index (χ1n) is 9.38. The highest BCUT2D eigenvalue weighted by Gasteiger charge is 2.21. The van der Waals surface area contributed by atoms with Gasteiger partial charge in [0.05, 0.1) is 13.7 Å². The first-order chi connectivity index (χ1) is 13.7. The molecule has 1 fully saturated rings. The Kier molecular flexibility index (Phi) is 6.73. The summed E-state index contributed by atoms with van der Waals surface area (Å²) in [4.78, 5) is 28.4. The molecule has 0 saturated carbocycles. The van der Waals surface area contributed by atoms with Crippen molar-refractivity contribution in [3.63, 3.8) is 0 Å². The van der Waals surface area contributed by atoms with E-state index in [1.807, 2.05) is 42.5 Å². The third-order valence-electron chi connectivity index (χ3n) is 4.76. The van der Waals surface area contributed by atoms with Crippen LogP contribution >= 0.6 is 0 Å². The molecule has 1 aliphatic heterocycles. The van der Waals surface area contributed by atoms with Gasteiger partial charge in [0.2, 0.25) is 5.91 Å². The van der Waals surface area contributed by atoms with E-state index in [4.69, 9.17) is 4.74 Å². The lowest BCUT2D eigenvalue weighted by Crippen LogP contribution is -2.53. The first kappa shape index (κ1) is 19.5. The average Bonchev–Trinajstić information content (AvgIpc) is 2.77. The summed E-state index contributed by atoms with van der Waals surface area (Å²) in [6.45, 7) is 3.11. The number of para-hydroxylation sites is 2. The number of benzene rings is 2. The Labute approximate surface area is 165 Å². The number of nitrogens with one attached hydrogen (secondary N) is 2. The molecule has 0 radical (unpaired) electrons. The number of hydrogen-bond donors (Lipinski definition) is 2. The molecule has 0 bridgehead atoms. The molecule has 7 heteroatoms. The molecule has 0 unspecified atom stereocenters. The number of nitrogens with zero attached hydrogens (tertiary/aromatic N) is 2. The van der Waals surface area contributed by atoms with Crippen molar-refractivity contribution in [3.05, 3.63) is 60.2 Å². The van der Waals surface area contributed by atoms with E-state index < -0.39 is 0 Å². The number of carbonyl (C=O) groups is 2. The smallest absolute Gasteiger partial charge is 0.317 e. The van der Waals surface area contributed by atoms with Crippen LogP contribution in [0.4, 0.5) is 10.5 Å². The predicted molar refractivity (Wildman–Crippen MR) is 108 cm³/mol. The van der Waals surface area contributed by atoms with Crippen LogP contribution in [0.2, 0.25) is 0 Å². The van der Waals surface area contributed by atoms with Crippen LogP contribution in [0.25, 0.3) is 0 Å². The van der Waals surface area contributed by atoms with Crippen LogP contribution in [0.5, 0.6) is 5.75 Å². The number of rotatable bonds is 6. The summed E-state index contributed by atoms with van der Waals surface area (Å²) in [7, 11) is 1.60. The standard InChI is InChI=1S/C21H26N4O3/c1-28-19-10-6-5-7-17(19)15-22-20(26)16-23-21(27)25-13-11-24(12-14-25)18-8-3-2-4-9-18/h2-10H,11-16H2,1H3,(H,22,26)(H,23,27). The van der Waals surface area contributed by atoms with Crippen molar-refractivity contribution < 1.29 is 14.3 Å². The zero-order chi connectivity index (χ0) is 19.8. The molecule has 1 saturated heterocycles. The van der Waals surface area contributed by atoms with Crippen molar-refractivity contribution in [2.45, 2.75) is 6.54 Å². The number of methoxy groups -OCH3 is 1. The maximum absolute atomic E-state index is 12.3. The van der Waals surface area contributed by atoms with Gasteiger partial charge in [-0.3, -0.25) is 4.79 Å². The van der Waals surface area contributed by atoms with E-state index in [9.17, 15) is 9.59 Å². The molecule has 0 aromatic heterocycles. The van der Waals surface area contributed by atoms with Crippen LogP contribution in [0.15, 0.2) is 54.6 Å². The number of carbonyl (C=O) groups excluding carboxylic acids is 2. The van der Waals surface area contributed by atoms with E-state index in [0.29, 0.717) is 19.6 Å². The second-order valence-electron chi connectivity index (χ2n) is 6.56. The van der Waals surface area contributed by atoms with Gasteiger partial charge in [-0.2, -0.15) is 0 Å². The van der Waals surface area contributed by atoms with Gasteiger partial charge in [0, 0.05) is 44.0 Å². The number of hydrogen-bond acceptors (Lipinski definition) is 4. The maximum Gasteiger partial charge on any atom is 0.317 e. The van der Waals surface area contributed by atoms with Gasteiger partial charge in [-0.15, -0.1) is 0 Å². The summed E-state index contributed by atoms with van der Waals surface area (Å²) in [5.74, 6) is 0.491. The molecule has 1 heterocycles.